The van der Waals surface area contributed by atoms with Gasteiger partial charge in [-0.1, -0.05) is 6.58 Å². The van der Waals surface area contributed by atoms with Crippen LogP contribution in [0.5, 0.6) is 0 Å². The summed E-state index contributed by atoms with van der Waals surface area (Å²) in [5.41, 5.74) is 1.80. The maximum atomic E-state index is 14.9. The summed E-state index contributed by atoms with van der Waals surface area (Å²) in [5.74, 6) is -0.831. The number of carbonyl (C=O) groups is 1. The molecule has 1 saturated heterocycles. The summed E-state index contributed by atoms with van der Waals surface area (Å²) >= 11 is 0. The first-order chi connectivity index (χ1) is 18.9. The lowest BCUT2D eigenvalue weighted by Gasteiger charge is -2.35. The lowest BCUT2D eigenvalue weighted by atomic mass is 10.2. The first-order valence-electron chi connectivity index (χ1n) is 12.4. The average Bonchev–Trinajstić information content (AvgIpc) is 2.95. The molecule has 1 aliphatic rings. The SMILES string of the molecule is C=CC(=O)Nc1ccc(F)c(-n2cnc(=O)c3cnc(Nc4ccc(N5CCN(CCO)CC5)cc4)nc32)c1. The lowest BCUT2D eigenvalue weighted by Crippen LogP contribution is -2.47. The molecule has 0 aliphatic carbocycles. The number of anilines is 4. The zero-order chi connectivity index (χ0) is 27.4. The highest BCUT2D eigenvalue weighted by atomic mass is 19.1. The van der Waals surface area contributed by atoms with E-state index in [1.165, 1.54) is 35.3 Å². The van der Waals surface area contributed by atoms with Gasteiger partial charge in [0.2, 0.25) is 11.9 Å². The number of fused-ring (bicyclic) bond motifs is 1. The van der Waals surface area contributed by atoms with Crippen LogP contribution in [0.2, 0.25) is 0 Å². The number of benzene rings is 2. The molecule has 0 radical (unpaired) electrons. The summed E-state index contributed by atoms with van der Waals surface area (Å²) in [6.07, 6.45) is 3.64. The molecule has 0 saturated carbocycles. The van der Waals surface area contributed by atoms with Crippen molar-refractivity contribution in [2.45, 2.75) is 0 Å². The molecule has 39 heavy (non-hydrogen) atoms. The Morgan fingerprint density at radius 3 is 2.54 bits per heavy atom. The van der Waals surface area contributed by atoms with Gasteiger partial charge in [-0.05, 0) is 48.5 Å². The third kappa shape index (κ3) is 5.76. The van der Waals surface area contributed by atoms with E-state index in [2.05, 4.69) is 42.0 Å². The largest absolute Gasteiger partial charge is 0.395 e. The van der Waals surface area contributed by atoms with Crippen molar-refractivity contribution in [1.29, 1.82) is 0 Å². The molecule has 0 bridgehead atoms. The second-order valence-electron chi connectivity index (χ2n) is 8.93. The second-order valence-corrected chi connectivity index (χ2v) is 8.93. The van der Waals surface area contributed by atoms with Crippen LogP contribution >= 0.6 is 0 Å². The Balaban J connectivity index is 1.40. The minimum absolute atomic E-state index is 0.0439. The van der Waals surface area contributed by atoms with E-state index in [0.717, 1.165) is 43.6 Å². The topological polar surface area (TPSA) is 129 Å². The van der Waals surface area contributed by atoms with Crippen LogP contribution in [0.3, 0.4) is 0 Å². The van der Waals surface area contributed by atoms with Crippen LogP contribution in [0, 0.1) is 5.82 Å². The number of aliphatic hydroxyl groups is 1. The lowest BCUT2D eigenvalue weighted by molar-refractivity contribution is -0.111. The van der Waals surface area contributed by atoms with Crippen molar-refractivity contribution in [3.05, 3.63) is 83.8 Å². The Morgan fingerprint density at radius 1 is 1.08 bits per heavy atom. The first-order valence-corrected chi connectivity index (χ1v) is 12.4. The van der Waals surface area contributed by atoms with Gasteiger partial charge in [-0.2, -0.15) is 9.97 Å². The normalized spacial score (nSPS) is 13.8. The summed E-state index contributed by atoms with van der Waals surface area (Å²) in [6.45, 7) is 7.81. The van der Waals surface area contributed by atoms with E-state index in [1.807, 2.05) is 24.3 Å². The number of hydrogen-bond donors (Lipinski definition) is 3. The quantitative estimate of drug-likeness (QED) is 0.294. The number of nitrogens with zero attached hydrogens (tertiary/aromatic N) is 6. The highest BCUT2D eigenvalue weighted by Crippen LogP contribution is 2.24. The van der Waals surface area contributed by atoms with Gasteiger partial charge in [0.15, 0.2) is 5.65 Å². The number of carbonyl (C=O) groups excluding carboxylic acids is 1. The number of nitrogens with one attached hydrogen (secondary N) is 2. The van der Waals surface area contributed by atoms with E-state index in [9.17, 15) is 14.0 Å². The maximum Gasteiger partial charge on any atom is 0.283 e. The van der Waals surface area contributed by atoms with E-state index < -0.39 is 17.3 Å². The minimum Gasteiger partial charge on any atom is -0.395 e. The summed E-state index contributed by atoms with van der Waals surface area (Å²) in [4.78, 5) is 41.2. The van der Waals surface area contributed by atoms with Gasteiger partial charge in [0.1, 0.15) is 17.5 Å². The Hall–Kier alpha value is -4.68. The number of piperazine rings is 1. The van der Waals surface area contributed by atoms with E-state index in [-0.39, 0.29) is 29.3 Å². The number of aliphatic hydroxyl groups excluding tert-OH is 1. The smallest absolute Gasteiger partial charge is 0.283 e. The van der Waals surface area contributed by atoms with Crippen molar-refractivity contribution in [1.82, 2.24) is 24.4 Å². The van der Waals surface area contributed by atoms with Gasteiger partial charge < -0.3 is 20.6 Å². The zero-order valence-electron chi connectivity index (χ0n) is 21.0. The molecule has 0 spiro atoms. The van der Waals surface area contributed by atoms with Crippen molar-refractivity contribution in [3.8, 4) is 5.69 Å². The van der Waals surface area contributed by atoms with Gasteiger partial charge in [0.05, 0.1) is 12.3 Å². The third-order valence-electron chi connectivity index (χ3n) is 6.45. The average molecular weight is 531 g/mol. The number of hydrogen-bond acceptors (Lipinski definition) is 9. The number of aromatic nitrogens is 4. The molecule has 1 fully saturated rings. The van der Waals surface area contributed by atoms with E-state index in [1.54, 1.807) is 0 Å². The molecule has 4 aromatic rings. The van der Waals surface area contributed by atoms with Crippen LogP contribution in [-0.4, -0.2) is 74.8 Å². The van der Waals surface area contributed by atoms with Crippen LogP contribution in [0.4, 0.5) is 27.4 Å². The van der Waals surface area contributed by atoms with Gasteiger partial charge in [-0.15, -0.1) is 0 Å². The molecule has 1 amide bonds. The maximum absolute atomic E-state index is 14.9. The number of rotatable bonds is 8. The number of halogens is 1. The fourth-order valence-corrected chi connectivity index (χ4v) is 4.40. The molecule has 1 aliphatic heterocycles. The molecular formula is C27H27FN8O3. The first kappa shape index (κ1) is 25.9. The molecule has 12 heteroatoms. The summed E-state index contributed by atoms with van der Waals surface area (Å²) in [7, 11) is 0. The van der Waals surface area contributed by atoms with Crippen LogP contribution in [0.1, 0.15) is 0 Å². The predicted molar refractivity (Wildman–Crippen MR) is 147 cm³/mol. The Labute approximate surface area is 223 Å². The minimum atomic E-state index is -0.598. The fraction of sp³-hybridized carbons (Fsp3) is 0.222. The third-order valence-corrected chi connectivity index (χ3v) is 6.45. The van der Waals surface area contributed by atoms with E-state index >= 15 is 0 Å². The van der Waals surface area contributed by atoms with Crippen molar-refractivity contribution in [2.75, 3.05) is 54.9 Å². The van der Waals surface area contributed by atoms with Crippen molar-refractivity contribution < 1.29 is 14.3 Å². The molecule has 3 heterocycles. The number of β-amino-alcohol motifs (C(OH)–C–C–N with tert-alkyl or cyclic N) is 1. The molecular weight excluding hydrogens is 503 g/mol. The van der Waals surface area contributed by atoms with Crippen molar-refractivity contribution in [3.63, 3.8) is 0 Å². The molecule has 2 aromatic carbocycles. The van der Waals surface area contributed by atoms with E-state index in [0.29, 0.717) is 12.2 Å². The Kier molecular flexibility index (Phi) is 7.57. The Morgan fingerprint density at radius 2 is 1.82 bits per heavy atom. The van der Waals surface area contributed by atoms with Crippen molar-refractivity contribution in [2.24, 2.45) is 0 Å². The highest BCUT2D eigenvalue weighted by Gasteiger charge is 2.17. The second kappa shape index (κ2) is 11.4. The van der Waals surface area contributed by atoms with Gasteiger partial charge in [-0.3, -0.25) is 19.1 Å². The molecule has 0 atom stereocenters. The fourth-order valence-electron chi connectivity index (χ4n) is 4.40. The standard InChI is InChI=1S/C27H27FN8O3/c1-2-24(38)31-19-5-8-22(28)23(15-19)36-17-30-26(39)21-16-29-27(33-25(21)36)32-18-3-6-20(7-4-18)35-11-9-34(10-12-35)13-14-37/h2-8,15-17,37H,1,9-14H2,(H,31,38)(H,29,32,33). The highest BCUT2D eigenvalue weighted by molar-refractivity contribution is 5.99. The Bertz CT molecular complexity index is 1570. The van der Waals surface area contributed by atoms with Gasteiger partial charge in [0.25, 0.3) is 5.56 Å². The molecule has 5 rings (SSSR count). The monoisotopic (exact) mass is 530 g/mol. The number of amides is 1. The van der Waals surface area contributed by atoms with Crippen LogP contribution in [0.25, 0.3) is 16.7 Å². The van der Waals surface area contributed by atoms with Crippen LogP contribution in [0.15, 0.2) is 72.4 Å². The summed E-state index contributed by atoms with van der Waals surface area (Å²) < 4.78 is 16.2. The van der Waals surface area contributed by atoms with Gasteiger partial charge in [0, 0.05) is 56.0 Å². The molecule has 11 nitrogen and oxygen atoms in total. The predicted octanol–water partition coefficient (Wildman–Crippen LogP) is 2.30. The molecule has 2 aromatic heterocycles. The van der Waals surface area contributed by atoms with Gasteiger partial charge in [-0.25, -0.2) is 9.37 Å². The summed E-state index contributed by atoms with van der Waals surface area (Å²) in [6, 6.07) is 11.9. The van der Waals surface area contributed by atoms with Crippen molar-refractivity contribution >= 4 is 40.0 Å². The van der Waals surface area contributed by atoms with E-state index in [4.69, 9.17) is 5.11 Å². The molecule has 3 N–H and O–H groups in total. The van der Waals surface area contributed by atoms with Crippen LogP contribution in [-0.2, 0) is 4.79 Å². The van der Waals surface area contributed by atoms with Gasteiger partial charge >= 0.3 is 0 Å². The summed E-state index contributed by atoms with van der Waals surface area (Å²) in [5, 5.41) is 15.0. The van der Waals surface area contributed by atoms with Crippen LogP contribution < -0.4 is 21.1 Å². The zero-order valence-corrected chi connectivity index (χ0v) is 21.0. The molecule has 0 unspecified atom stereocenters. The molecule has 200 valence electrons.